The van der Waals surface area contributed by atoms with Crippen LogP contribution in [0.2, 0.25) is 0 Å². The predicted octanol–water partition coefficient (Wildman–Crippen LogP) is 3.28. The molecule has 24 heavy (non-hydrogen) atoms. The second-order valence-electron chi connectivity index (χ2n) is 8.36. The minimum atomic E-state index is 0.0780. The number of rotatable bonds is 6. The van der Waals surface area contributed by atoms with Crippen molar-refractivity contribution in [3.05, 3.63) is 11.6 Å². The first kappa shape index (κ1) is 17.5. The second-order valence-corrected chi connectivity index (χ2v) is 8.36. The van der Waals surface area contributed by atoms with Crippen molar-refractivity contribution >= 4 is 11.8 Å². The zero-order valence-electron chi connectivity index (χ0n) is 15.3. The molecule has 1 N–H and O–H groups in total. The lowest BCUT2D eigenvalue weighted by Gasteiger charge is -2.56. The first-order chi connectivity index (χ1) is 11.5. The van der Waals surface area contributed by atoms with Gasteiger partial charge >= 0.3 is 0 Å². The Morgan fingerprint density at radius 3 is 2.92 bits per heavy atom. The Morgan fingerprint density at radius 2 is 2.17 bits per heavy atom. The fraction of sp³-hybridized carbons (Fsp3) is 0.800. The van der Waals surface area contributed by atoms with Crippen LogP contribution in [0.5, 0.6) is 0 Å². The van der Waals surface area contributed by atoms with E-state index in [1.807, 2.05) is 4.90 Å². The van der Waals surface area contributed by atoms with E-state index in [1.165, 1.54) is 12.8 Å². The van der Waals surface area contributed by atoms with Crippen molar-refractivity contribution in [2.75, 3.05) is 19.6 Å². The van der Waals surface area contributed by atoms with Crippen LogP contribution in [0.1, 0.15) is 65.2 Å². The van der Waals surface area contributed by atoms with Gasteiger partial charge in [-0.3, -0.25) is 9.59 Å². The summed E-state index contributed by atoms with van der Waals surface area (Å²) in [7, 11) is 0. The lowest BCUT2D eigenvalue weighted by Crippen LogP contribution is -2.48. The molecule has 1 saturated heterocycles. The van der Waals surface area contributed by atoms with Crippen molar-refractivity contribution in [1.29, 1.82) is 0 Å². The van der Waals surface area contributed by atoms with Crippen molar-refractivity contribution in [3.63, 3.8) is 0 Å². The molecule has 2 amide bonds. The van der Waals surface area contributed by atoms with Crippen LogP contribution in [0.4, 0.5) is 0 Å². The highest BCUT2D eigenvalue weighted by atomic mass is 16.2. The molecule has 1 aliphatic heterocycles. The van der Waals surface area contributed by atoms with Crippen LogP contribution in [0, 0.1) is 17.3 Å². The topological polar surface area (TPSA) is 49.4 Å². The van der Waals surface area contributed by atoms with Gasteiger partial charge in [0.05, 0.1) is 0 Å². The van der Waals surface area contributed by atoms with Crippen LogP contribution in [0.3, 0.4) is 0 Å². The third kappa shape index (κ3) is 3.68. The molecule has 0 aromatic rings. The molecular formula is C20H32N2O2. The van der Waals surface area contributed by atoms with E-state index in [1.54, 1.807) is 5.57 Å². The molecule has 2 fully saturated rings. The molecule has 134 valence electrons. The monoisotopic (exact) mass is 332 g/mol. The van der Waals surface area contributed by atoms with Crippen LogP contribution in [0.25, 0.3) is 0 Å². The molecule has 1 saturated carbocycles. The van der Waals surface area contributed by atoms with Crippen LogP contribution in [-0.2, 0) is 9.59 Å². The normalized spacial score (nSPS) is 28.7. The average Bonchev–Trinajstić information content (AvgIpc) is 2.77. The second kappa shape index (κ2) is 7.28. The summed E-state index contributed by atoms with van der Waals surface area (Å²) in [6.45, 7) is 6.89. The van der Waals surface area contributed by atoms with Gasteiger partial charge in [0.25, 0.3) is 0 Å². The highest BCUT2D eigenvalue weighted by Crippen LogP contribution is 2.59. The number of amides is 2. The molecule has 0 radical (unpaired) electrons. The largest absolute Gasteiger partial charge is 0.356 e. The Morgan fingerprint density at radius 1 is 1.33 bits per heavy atom. The van der Waals surface area contributed by atoms with Gasteiger partial charge in [0, 0.05) is 32.5 Å². The maximum Gasteiger partial charge on any atom is 0.222 e. The number of hydrogen-bond acceptors (Lipinski definition) is 2. The first-order valence-corrected chi connectivity index (χ1v) is 9.72. The molecule has 4 nitrogen and oxygen atoms in total. The third-order valence-corrected chi connectivity index (χ3v) is 6.60. The molecule has 4 aliphatic rings. The fourth-order valence-electron chi connectivity index (χ4n) is 4.70. The minimum Gasteiger partial charge on any atom is -0.356 e. The van der Waals surface area contributed by atoms with Gasteiger partial charge in [-0.2, -0.15) is 0 Å². The number of nitrogens with zero attached hydrogens (tertiary/aromatic N) is 1. The van der Waals surface area contributed by atoms with Crippen molar-refractivity contribution < 1.29 is 9.59 Å². The summed E-state index contributed by atoms with van der Waals surface area (Å²) in [5.74, 6) is 1.89. The molecular weight excluding hydrogens is 300 g/mol. The van der Waals surface area contributed by atoms with E-state index in [9.17, 15) is 9.59 Å². The number of carbonyl (C=O) groups excluding carboxylic acids is 2. The molecule has 2 bridgehead atoms. The van der Waals surface area contributed by atoms with Gasteiger partial charge in [-0.1, -0.05) is 31.9 Å². The fourth-order valence-corrected chi connectivity index (χ4v) is 4.70. The number of allylic oxidation sites excluding steroid dienone is 1. The van der Waals surface area contributed by atoms with Gasteiger partial charge in [0.1, 0.15) is 0 Å². The number of carbonyl (C=O) groups is 2. The zero-order valence-corrected chi connectivity index (χ0v) is 15.3. The van der Waals surface area contributed by atoms with E-state index in [0.29, 0.717) is 24.8 Å². The predicted molar refractivity (Wildman–Crippen MR) is 95.4 cm³/mol. The van der Waals surface area contributed by atoms with E-state index in [0.717, 1.165) is 50.6 Å². The first-order valence-electron chi connectivity index (χ1n) is 9.72. The molecule has 2 atom stereocenters. The number of hydrogen-bond donors (Lipinski definition) is 1. The van der Waals surface area contributed by atoms with Gasteiger partial charge in [-0.15, -0.1) is 0 Å². The Bertz CT molecular complexity index is 524. The van der Waals surface area contributed by atoms with E-state index in [4.69, 9.17) is 0 Å². The van der Waals surface area contributed by atoms with Crippen molar-refractivity contribution in [3.8, 4) is 0 Å². The summed E-state index contributed by atoms with van der Waals surface area (Å²) in [5, 5.41) is 3.05. The molecule has 4 rings (SSSR count). The van der Waals surface area contributed by atoms with Crippen molar-refractivity contribution in [1.82, 2.24) is 10.2 Å². The molecule has 0 unspecified atom stereocenters. The average molecular weight is 332 g/mol. The van der Waals surface area contributed by atoms with Gasteiger partial charge in [0.15, 0.2) is 0 Å². The van der Waals surface area contributed by atoms with Crippen LogP contribution < -0.4 is 5.32 Å². The zero-order chi connectivity index (χ0) is 17.2. The SMILES string of the molecule is CC1(C)[C@H]2CC=C(CCNC(=O)CCN3CCCCCC3=O)[C@@H]1C2. The van der Waals surface area contributed by atoms with E-state index in [-0.39, 0.29) is 11.8 Å². The van der Waals surface area contributed by atoms with Crippen LogP contribution in [0.15, 0.2) is 11.6 Å². The van der Waals surface area contributed by atoms with Crippen LogP contribution >= 0.6 is 0 Å². The summed E-state index contributed by atoms with van der Waals surface area (Å²) in [5.41, 5.74) is 2.01. The smallest absolute Gasteiger partial charge is 0.222 e. The lowest BCUT2D eigenvalue weighted by atomic mass is 9.48. The van der Waals surface area contributed by atoms with Gasteiger partial charge in [0.2, 0.25) is 11.8 Å². The molecule has 3 aliphatic carbocycles. The number of fused-ring (bicyclic) bond motifs is 1. The summed E-state index contributed by atoms with van der Waals surface area (Å²) < 4.78 is 0. The van der Waals surface area contributed by atoms with Gasteiger partial charge in [-0.05, 0) is 49.4 Å². The lowest BCUT2D eigenvalue weighted by molar-refractivity contribution is -0.131. The highest BCUT2D eigenvalue weighted by molar-refractivity contribution is 5.79. The summed E-state index contributed by atoms with van der Waals surface area (Å²) in [6, 6.07) is 0. The minimum absolute atomic E-state index is 0.0780. The molecule has 0 aromatic carbocycles. The third-order valence-electron chi connectivity index (χ3n) is 6.60. The highest BCUT2D eigenvalue weighted by Gasteiger charge is 2.50. The molecule has 0 spiro atoms. The van der Waals surface area contributed by atoms with Crippen molar-refractivity contribution in [2.45, 2.75) is 65.2 Å². The molecule has 1 heterocycles. The Kier molecular flexibility index (Phi) is 5.31. The number of nitrogens with one attached hydrogen (secondary N) is 1. The van der Waals surface area contributed by atoms with Gasteiger partial charge in [-0.25, -0.2) is 0 Å². The maximum atomic E-state index is 12.1. The van der Waals surface area contributed by atoms with E-state index in [2.05, 4.69) is 25.2 Å². The maximum absolute atomic E-state index is 12.1. The van der Waals surface area contributed by atoms with Gasteiger partial charge < -0.3 is 10.2 Å². The Labute approximate surface area is 146 Å². The summed E-state index contributed by atoms with van der Waals surface area (Å²) in [6.07, 6.45) is 10.2. The molecule has 4 heteroatoms. The standard InChI is InChI=1S/C20H32N2O2/c1-20(2)16-8-7-15(17(20)14-16)9-11-21-18(23)10-13-22-12-5-3-4-6-19(22)24/h7,16-17H,3-6,8-14H2,1-2H3,(H,21,23)/t16-,17-/m0/s1. The Balaban J connectivity index is 1.36. The van der Waals surface area contributed by atoms with Crippen LogP contribution in [-0.4, -0.2) is 36.3 Å². The number of likely N-dealkylation sites (tertiary alicyclic amines) is 1. The summed E-state index contributed by atoms with van der Waals surface area (Å²) >= 11 is 0. The van der Waals surface area contributed by atoms with E-state index >= 15 is 0 Å². The van der Waals surface area contributed by atoms with Crippen molar-refractivity contribution in [2.24, 2.45) is 17.3 Å². The van der Waals surface area contributed by atoms with E-state index < -0.39 is 0 Å². The quantitative estimate of drug-likeness (QED) is 0.759. The molecule has 0 aromatic heterocycles. The summed E-state index contributed by atoms with van der Waals surface area (Å²) in [4.78, 5) is 25.9. The Hall–Kier alpha value is -1.32.